The average Bonchev–Trinajstić information content (AvgIpc) is 2.99. The molecule has 0 radical (unpaired) electrons. The van der Waals surface area contributed by atoms with Crippen molar-refractivity contribution in [2.45, 2.75) is 13.8 Å². The number of anilines is 1. The van der Waals surface area contributed by atoms with Gasteiger partial charge >= 0.3 is 0 Å². The van der Waals surface area contributed by atoms with Crippen LogP contribution in [-0.4, -0.2) is 32.4 Å². The molecule has 122 valence electrons. The molecular formula is C17H17N5O2. The van der Waals surface area contributed by atoms with Crippen LogP contribution < -0.4 is 10.5 Å². The Balaban J connectivity index is 1.96. The Kier molecular flexibility index (Phi) is 4.24. The average molecular weight is 323 g/mol. The van der Waals surface area contributed by atoms with Gasteiger partial charge in [0.15, 0.2) is 5.82 Å². The van der Waals surface area contributed by atoms with Gasteiger partial charge in [-0.15, -0.1) is 0 Å². The van der Waals surface area contributed by atoms with Crippen LogP contribution in [0.25, 0.3) is 5.82 Å². The molecule has 1 aromatic carbocycles. The maximum absolute atomic E-state index is 12.9. The highest BCUT2D eigenvalue weighted by molar-refractivity contribution is 6.06. The Morgan fingerprint density at radius 3 is 2.58 bits per heavy atom. The maximum atomic E-state index is 12.9. The van der Waals surface area contributed by atoms with Crippen LogP contribution in [-0.2, 0) is 0 Å². The van der Waals surface area contributed by atoms with Gasteiger partial charge in [-0.2, -0.15) is 10.2 Å². The monoisotopic (exact) mass is 323 g/mol. The maximum Gasteiger partial charge on any atom is 0.264 e. The smallest absolute Gasteiger partial charge is 0.264 e. The number of aromatic nitrogens is 4. The summed E-state index contributed by atoms with van der Waals surface area (Å²) in [6.07, 6.45) is 1.52. The van der Waals surface area contributed by atoms with Gasteiger partial charge in [0, 0.05) is 18.3 Å². The molecule has 7 heteroatoms. The van der Waals surface area contributed by atoms with Gasteiger partial charge in [-0.3, -0.25) is 9.59 Å². The van der Waals surface area contributed by atoms with E-state index >= 15 is 0 Å². The van der Waals surface area contributed by atoms with E-state index in [0.717, 1.165) is 5.69 Å². The lowest BCUT2D eigenvalue weighted by molar-refractivity contribution is 0.0987. The van der Waals surface area contributed by atoms with Gasteiger partial charge in [0.25, 0.3) is 11.5 Å². The number of H-pyrrole nitrogens is 1. The molecule has 0 spiro atoms. The van der Waals surface area contributed by atoms with Crippen molar-refractivity contribution in [2.75, 3.05) is 11.4 Å². The van der Waals surface area contributed by atoms with Crippen molar-refractivity contribution in [2.24, 2.45) is 0 Å². The Labute approximate surface area is 138 Å². The first kappa shape index (κ1) is 15.7. The van der Waals surface area contributed by atoms with E-state index in [1.165, 1.54) is 16.9 Å². The minimum absolute atomic E-state index is 0.128. The Bertz CT molecular complexity index is 894. The summed E-state index contributed by atoms with van der Waals surface area (Å²) >= 11 is 0. The molecule has 3 rings (SSSR count). The molecule has 0 aliphatic heterocycles. The molecular weight excluding hydrogens is 306 g/mol. The van der Waals surface area contributed by atoms with Gasteiger partial charge in [0.05, 0.1) is 17.5 Å². The lowest BCUT2D eigenvalue weighted by atomic mass is 10.2. The molecule has 0 aliphatic carbocycles. The van der Waals surface area contributed by atoms with E-state index in [4.69, 9.17) is 0 Å². The molecule has 2 aromatic heterocycles. The summed E-state index contributed by atoms with van der Waals surface area (Å²) in [6.45, 7) is 4.27. The quantitative estimate of drug-likeness (QED) is 0.795. The number of nitrogens with zero attached hydrogens (tertiary/aromatic N) is 4. The van der Waals surface area contributed by atoms with Crippen LogP contribution in [0, 0.1) is 6.92 Å². The lowest BCUT2D eigenvalue weighted by Crippen LogP contribution is -2.30. The first-order valence-electron chi connectivity index (χ1n) is 7.59. The van der Waals surface area contributed by atoms with Crippen molar-refractivity contribution in [1.29, 1.82) is 0 Å². The van der Waals surface area contributed by atoms with Crippen LogP contribution in [0.5, 0.6) is 0 Å². The predicted octanol–water partition coefficient (Wildman–Crippen LogP) is 1.93. The van der Waals surface area contributed by atoms with Crippen molar-refractivity contribution in [3.05, 3.63) is 70.3 Å². The number of amides is 1. The van der Waals surface area contributed by atoms with E-state index in [9.17, 15) is 9.59 Å². The van der Waals surface area contributed by atoms with Crippen LogP contribution in [0.15, 0.2) is 53.5 Å². The van der Waals surface area contributed by atoms with Crippen LogP contribution in [0.2, 0.25) is 0 Å². The van der Waals surface area contributed by atoms with Gasteiger partial charge in [-0.05, 0) is 32.0 Å². The number of benzene rings is 1. The Hall–Kier alpha value is -3.22. The third-order valence-electron chi connectivity index (χ3n) is 3.75. The highest BCUT2D eigenvalue weighted by Crippen LogP contribution is 2.19. The molecule has 0 atom stereocenters. The summed E-state index contributed by atoms with van der Waals surface area (Å²) in [6, 6.07) is 12.4. The van der Waals surface area contributed by atoms with Crippen molar-refractivity contribution < 1.29 is 4.79 Å². The number of rotatable bonds is 4. The summed E-state index contributed by atoms with van der Waals surface area (Å²) in [7, 11) is 0. The number of para-hydroxylation sites is 1. The van der Waals surface area contributed by atoms with Crippen LogP contribution in [0.3, 0.4) is 0 Å². The second kappa shape index (κ2) is 6.49. The summed E-state index contributed by atoms with van der Waals surface area (Å²) in [4.78, 5) is 25.7. The van der Waals surface area contributed by atoms with E-state index in [-0.39, 0.29) is 11.5 Å². The molecule has 0 unspecified atom stereocenters. The van der Waals surface area contributed by atoms with E-state index in [2.05, 4.69) is 15.3 Å². The zero-order valence-electron chi connectivity index (χ0n) is 13.4. The summed E-state index contributed by atoms with van der Waals surface area (Å²) in [5, 5.41) is 10.5. The first-order chi connectivity index (χ1) is 11.6. The van der Waals surface area contributed by atoms with Crippen LogP contribution in [0.4, 0.5) is 5.69 Å². The van der Waals surface area contributed by atoms with Crippen molar-refractivity contribution in [1.82, 2.24) is 20.0 Å². The van der Waals surface area contributed by atoms with Gasteiger partial charge in [0.2, 0.25) is 0 Å². The number of aromatic amines is 1. The van der Waals surface area contributed by atoms with Gasteiger partial charge in [0.1, 0.15) is 0 Å². The minimum atomic E-state index is -0.291. The van der Waals surface area contributed by atoms with Crippen LogP contribution >= 0.6 is 0 Å². The molecule has 0 saturated carbocycles. The molecule has 2 heterocycles. The molecule has 3 aromatic rings. The van der Waals surface area contributed by atoms with Crippen molar-refractivity contribution >= 4 is 11.6 Å². The van der Waals surface area contributed by atoms with Gasteiger partial charge in [-0.25, -0.2) is 9.78 Å². The third-order valence-corrected chi connectivity index (χ3v) is 3.75. The van der Waals surface area contributed by atoms with Gasteiger partial charge < -0.3 is 4.90 Å². The fraction of sp³-hybridized carbons (Fsp3) is 0.176. The number of hydrogen-bond donors (Lipinski definition) is 1. The second-order valence-corrected chi connectivity index (χ2v) is 5.22. The van der Waals surface area contributed by atoms with Gasteiger partial charge in [-0.1, -0.05) is 18.2 Å². The largest absolute Gasteiger partial charge is 0.309 e. The zero-order valence-corrected chi connectivity index (χ0v) is 13.4. The molecule has 7 nitrogen and oxygen atoms in total. The molecule has 1 N–H and O–H groups in total. The normalized spacial score (nSPS) is 10.6. The Morgan fingerprint density at radius 2 is 1.96 bits per heavy atom. The topological polar surface area (TPSA) is 83.9 Å². The minimum Gasteiger partial charge on any atom is -0.309 e. The highest BCUT2D eigenvalue weighted by Gasteiger charge is 2.21. The number of carbonyl (C=O) groups is 1. The fourth-order valence-corrected chi connectivity index (χ4v) is 2.50. The van der Waals surface area contributed by atoms with E-state index in [0.29, 0.717) is 23.6 Å². The van der Waals surface area contributed by atoms with Crippen molar-refractivity contribution in [3.8, 4) is 5.82 Å². The first-order valence-corrected chi connectivity index (χ1v) is 7.59. The zero-order chi connectivity index (χ0) is 17.1. The summed E-state index contributed by atoms with van der Waals surface area (Å²) in [5.74, 6) is 0.325. The molecule has 1 amide bonds. The summed E-state index contributed by atoms with van der Waals surface area (Å²) < 4.78 is 1.53. The second-order valence-electron chi connectivity index (χ2n) is 5.22. The highest BCUT2D eigenvalue weighted by atomic mass is 16.2. The fourth-order valence-electron chi connectivity index (χ4n) is 2.50. The molecule has 0 fully saturated rings. The van der Waals surface area contributed by atoms with Crippen molar-refractivity contribution in [3.63, 3.8) is 0 Å². The summed E-state index contributed by atoms with van der Waals surface area (Å²) in [5.41, 5.74) is 1.70. The number of hydrogen-bond acceptors (Lipinski definition) is 4. The Morgan fingerprint density at radius 1 is 1.21 bits per heavy atom. The third kappa shape index (κ3) is 2.83. The SMILES string of the molecule is CCN(C(=O)c1cnn(-c2ccc(=O)[nH]n2)c1C)c1ccccc1. The number of nitrogens with one attached hydrogen (secondary N) is 1. The standard InChI is InChI=1S/C17H17N5O2/c1-3-21(13-7-5-4-6-8-13)17(24)14-11-18-22(12(14)2)15-9-10-16(23)20-19-15/h4-11H,3H2,1-2H3,(H,20,23). The molecule has 0 saturated heterocycles. The molecule has 24 heavy (non-hydrogen) atoms. The predicted molar refractivity (Wildman–Crippen MR) is 90.5 cm³/mol. The van der Waals surface area contributed by atoms with E-state index < -0.39 is 0 Å². The van der Waals surface area contributed by atoms with E-state index in [1.54, 1.807) is 17.9 Å². The lowest BCUT2D eigenvalue weighted by Gasteiger charge is -2.20. The molecule has 0 bridgehead atoms. The van der Waals surface area contributed by atoms with E-state index in [1.807, 2.05) is 37.3 Å². The molecule has 0 aliphatic rings. The van der Waals surface area contributed by atoms with Crippen LogP contribution in [0.1, 0.15) is 23.0 Å². The number of carbonyl (C=O) groups excluding carboxylic acids is 1.